The maximum atomic E-state index is 12.4. The topological polar surface area (TPSA) is 84.9 Å². The van der Waals surface area contributed by atoms with E-state index in [9.17, 15) is 9.59 Å². The fourth-order valence-electron chi connectivity index (χ4n) is 2.15. The maximum absolute atomic E-state index is 12.4. The van der Waals surface area contributed by atoms with E-state index >= 15 is 0 Å². The predicted octanol–water partition coefficient (Wildman–Crippen LogP) is 3.82. The summed E-state index contributed by atoms with van der Waals surface area (Å²) in [5.74, 6) is -0.442. The molecule has 0 aliphatic rings. The van der Waals surface area contributed by atoms with Crippen molar-refractivity contribution < 1.29 is 24.2 Å². The highest BCUT2D eigenvalue weighted by Crippen LogP contribution is 2.26. The fraction of sp³-hybridized carbons (Fsp3) is 0.263. The van der Waals surface area contributed by atoms with Crippen LogP contribution in [0.2, 0.25) is 0 Å². The van der Waals surface area contributed by atoms with Crippen molar-refractivity contribution in [2.75, 3.05) is 12.4 Å². The SMILES string of the molecule is COc1cc(C(=O)O)ccc1NC(=O)c1ccc(OC(C)(C)C)cc1. The molecule has 0 bridgehead atoms. The van der Waals surface area contributed by atoms with Crippen molar-refractivity contribution in [2.24, 2.45) is 0 Å². The summed E-state index contributed by atoms with van der Waals surface area (Å²) >= 11 is 0. The zero-order valence-corrected chi connectivity index (χ0v) is 14.6. The number of anilines is 1. The second-order valence-electron chi connectivity index (χ2n) is 6.41. The standard InChI is InChI=1S/C19H21NO5/c1-19(2,3)25-14-8-5-12(6-9-14)17(21)20-15-10-7-13(18(22)23)11-16(15)24-4/h5-11H,1-4H3,(H,20,21)(H,22,23). The van der Waals surface area contributed by atoms with Gasteiger partial charge in [-0.3, -0.25) is 4.79 Å². The lowest BCUT2D eigenvalue weighted by atomic mass is 10.1. The summed E-state index contributed by atoms with van der Waals surface area (Å²) in [6.45, 7) is 5.84. The highest BCUT2D eigenvalue weighted by Gasteiger charge is 2.14. The van der Waals surface area contributed by atoms with Gasteiger partial charge in [-0.25, -0.2) is 4.79 Å². The Kier molecular flexibility index (Phi) is 5.32. The minimum absolute atomic E-state index is 0.0820. The van der Waals surface area contributed by atoms with Gasteiger partial charge >= 0.3 is 5.97 Å². The van der Waals surface area contributed by atoms with Gasteiger partial charge in [-0.1, -0.05) is 0 Å². The molecule has 0 saturated carbocycles. The van der Waals surface area contributed by atoms with E-state index in [2.05, 4.69) is 5.32 Å². The molecule has 2 rings (SSSR count). The average Bonchev–Trinajstić information content (AvgIpc) is 2.54. The number of carbonyl (C=O) groups excluding carboxylic acids is 1. The van der Waals surface area contributed by atoms with Crippen LogP contribution < -0.4 is 14.8 Å². The summed E-state index contributed by atoms with van der Waals surface area (Å²) in [6, 6.07) is 11.0. The Morgan fingerprint density at radius 1 is 1.00 bits per heavy atom. The van der Waals surface area contributed by atoms with Crippen LogP contribution in [0.5, 0.6) is 11.5 Å². The normalized spacial score (nSPS) is 10.9. The molecule has 0 aliphatic heterocycles. The number of carboxylic acids is 1. The van der Waals surface area contributed by atoms with E-state index in [1.54, 1.807) is 24.3 Å². The second-order valence-corrected chi connectivity index (χ2v) is 6.41. The van der Waals surface area contributed by atoms with Crippen LogP contribution in [0.3, 0.4) is 0 Å². The van der Waals surface area contributed by atoms with Gasteiger partial charge in [0.1, 0.15) is 17.1 Å². The first kappa shape index (κ1) is 18.3. The highest BCUT2D eigenvalue weighted by molar-refractivity contribution is 6.05. The largest absolute Gasteiger partial charge is 0.495 e. The van der Waals surface area contributed by atoms with E-state index in [1.807, 2.05) is 20.8 Å². The molecule has 0 unspecified atom stereocenters. The van der Waals surface area contributed by atoms with Crippen molar-refractivity contribution in [1.82, 2.24) is 0 Å². The van der Waals surface area contributed by atoms with Crippen LogP contribution in [0.15, 0.2) is 42.5 Å². The monoisotopic (exact) mass is 343 g/mol. The molecule has 132 valence electrons. The number of amides is 1. The Labute approximate surface area is 146 Å². The first-order chi connectivity index (χ1) is 11.7. The molecule has 6 nitrogen and oxygen atoms in total. The average molecular weight is 343 g/mol. The summed E-state index contributed by atoms with van der Waals surface area (Å²) in [4.78, 5) is 23.4. The Bertz CT molecular complexity index is 775. The minimum atomic E-state index is -1.06. The van der Waals surface area contributed by atoms with Crippen LogP contribution in [0.4, 0.5) is 5.69 Å². The van der Waals surface area contributed by atoms with Crippen molar-refractivity contribution in [3.8, 4) is 11.5 Å². The third-order valence-electron chi connectivity index (χ3n) is 3.24. The third-order valence-corrected chi connectivity index (χ3v) is 3.24. The fourth-order valence-corrected chi connectivity index (χ4v) is 2.15. The van der Waals surface area contributed by atoms with Crippen LogP contribution in [0.25, 0.3) is 0 Å². The van der Waals surface area contributed by atoms with Crippen molar-refractivity contribution >= 4 is 17.6 Å². The number of rotatable bonds is 5. The number of aromatic carboxylic acids is 1. The first-order valence-electron chi connectivity index (χ1n) is 7.71. The molecule has 1 amide bonds. The molecule has 0 aliphatic carbocycles. The van der Waals surface area contributed by atoms with Gasteiger partial charge in [0, 0.05) is 5.56 Å². The molecule has 0 radical (unpaired) electrons. The zero-order valence-electron chi connectivity index (χ0n) is 14.6. The van der Waals surface area contributed by atoms with Crippen molar-refractivity contribution in [3.63, 3.8) is 0 Å². The van der Waals surface area contributed by atoms with E-state index in [0.717, 1.165) is 0 Å². The number of carboxylic acid groups (broad SMARTS) is 1. The number of ether oxygens (including phenoxy) is 2. The van der Waals surface area contributed by atoms with Gasteiger partial charge in [0.15, 0.2) is 0 Å². The quantitative estimate of drug-likeness (QED) is 0.862. The molecule has 0 fully saturated rings. The summed E-state index contributed by atoms with van der Waals surface area (Å²) in [5.41, 5.74) is 0.611. The Hall–Kier alpha value is -3.02. The molecular formula is C19H21NO5. The number of benzene rings is 2. The number of carbonyl (C=O) groups is 2. The number of nitrogens with one attached hydrogen (secondary N) is 1. The van der Waals surface area contributed by atoms with Crippen LogP contribution in [0, 0.1) is 0 Å². The van der Waals surface area contributed by atoms with Gasteiger partial charge < -0.3 is 19.9 Å². The molecule has 0 heterocycles. The molecule has 0 atom stereocenters. The van der Waals surface area contributed by atoms with E-state index in [4.69, 9.17) is 14.6 Å². The van der Waals surface area contributed by atoms with Crippen LogP contribution in [-0.4, -0.2) is 29.7 Å². The van der Waals surface area contributed by atoms with Gasteiger partial charge in [-0.05, 0) is 63.2 Å². The summed E-state index contributed by atoms with van der Waals surface area (Å²) in [6.07, 6.45) is 0. The lowest BCUT2D eigenvalue weighted by Gasteiger charge is -2.21. The van der Waals surface area contributed by atoms with E-state index in [-0.39, 0.29) is 22.8 Å². The molecule has 0 saturated heterocycles. The van der Waals surface area contributed by atoms with Crippen molar-refractivity contribution in [3.05, 3.63) is 53.6 Å². The number of hydrogen-bond donors (Lipinski definition) is 2. The minimum Gasteiger partial charge on any atom is -0.495 e. The lowest BCUT2D eigenvalue weighted by molar-refractivity contribution is 0.0696. The van der Waals surface area contributed by atoms with Crippen molar-refractivity contribution in [2.45, 2.75) is 26.4 Å². The third kappa shape index (κ3) is 4.97. The molecule has 2 aromatic carbocycles. The van der Waals surface area contributed by atoms with Gasteiger partial charge in [0.25, 0.3) is 5.91 Å². The van der Waals surface area contributed by atoms with E-state index < -0.39 is 5.97 Å². The Morgan fingerprint density at radius 2 is 1.60 bits per heavy atom. The van der Waals surface area contributed by atoms with E-state index in [0.29, 0.717) is 17.0 Å². The molecule has 2 aromatic rings. The molecular weight excluding hydrogens is 322 g/mol. The lowest BCUT2D eigenvalue weighted by Crippen LogP contribution is -2.23. The number of hydrogen-bond acceptors (Lipinski definition) is 4. The van der Waals surface area contributed by atoms with Crippen LogP contribution in [0.1, 0.15) is 41.5 Å². The van der Waals surface area contributed by atoms with E-state index in [1.165, 1.54) is 25.3 Å². The van der Waals surface area contributed by atoms with Gasteiger partial charge in [-0.15, -0.1) is 0 Å². The maximum Gasteiger partial charge on any atom is 0.335 e. The highest BCUT2D eigenvalue weighted by atomic mass is 16.5. The van der Waals surface area contributed by atoms with Crippen LogP contribution in [-0.2, 0) is 0 Å². The number of methoxy groups -OCH3 is 1. The summed E-state index contributed by atoms with van der Waals surface area (Å²) in [5, 5.41) is 11.7. The smallest absolute Gasteiger partial charge is 0.335 e. The molecule has 0 spiro atoms. The van der Waals surface area contributed by atoms with Gasteiger partial charge in [0.05, 0.1) is 18.4 Å². The zero-order chi connectivity index (χ0) is 18.6. The van der Waals surface area contributed by atoms with Gasteiger partial charge in [0.2, 0.25) is 0 Å². The van der Waals surface area contributed by atoms with Gasteiger partial charge in [-0.2, -0.15) is 0 Å². The molecule has 25 heavy (non-hydrogen) atoms. The second kappa shape index (κ2) is 7.25. The first-order valence-corrected chi connectivity index (χ1v) is 7.71. The Morgan fingerprint density at radius 3 is 2.12 bits per heavy atom. The van der Waals surface area contributed by atoms with Crippen molar-refractivity contribution in [1.29, 1.82) is 0 Å². The summed E-state index contributed by atoms with van der Waals surface area (Å²) < 4.78 is 10.9. The molecule has 2 N–H and O–H groups in total. The Balaban J connectivity index is 2.15. The molecule has 6 heteroatoms. The molecule has 0 aromatic heterocycles. The predicted molar refractivity (Wildman–Crippen MR) is 94.7 cm³/mol. The van der Waals surface area contributed by atoms with Crippen LogP contribution >= 0.6 is 0 Å². The summed E-state index contributed by atoms with van der Waals surface area (Å²) in [7, 11) is 1.41.